The molecule has 102 valence electrons. The Morgan fingerprint density at radius 1 is 1.37 bits per heavy atom. The van der Waals surface area contributed by atoms with Crippen LogP contribution in [0.5, 0.6) is 0 Å². The van der Waals surface area contributed by atoms with Gasteiger partial charge in [0.2, 0.25) is 0 Å². The maximum atomic E-state index is 6.00. The van der Waals surface area contributed by atoms with E-state index in [1.54, 1.807) is 0 Å². The van der Waals surface area contributed by atoms with Crippen LogP contribution >= 0.6 is 27.5 Å². The van der Waals surface area contributed by atoms with Crippen molar-refractivity contribution in [3.63, 3.8) is 0 Å². The Labute approximate surface area is 127 Å². The maximum Gasteiger partial charge on any atom is 0.0739 e. The van der Waals surface area contributed by atoms with Gasteiger partial charge in [-0.2, -0.15) is 5.10 Å². The Balaban J connectivity index is 2.07. The van der Waals surface area contributed by atoms with Crippen molar-refractivity contribution in [2.45, 2.75) is 20.0 Å². The van der Waals surface area contributed by atoms with E-state index < -0.39 is 0 Å². The van der Waals surface area contributed by atoms with E-state index in [0.717, 1.165) is 28.3 Å². The van der Waals surface area contributed by atoms with Gasteiger partial charge in [0.15, 0.2) is 0 Å². The number of halogens is 2. The third-order valence-electron chi connectivity index (χ3n) is 3.02. The molecule has 0 spiro atoms. The van der Waals surface area contributed by atoms with Crippen LogP contribution < -0.4 is 0 Å². The van der Waals surface area contributed by atoms with Crippen LogP contribution in [0.25, 0.3) is 0 Å². The number of hydrogen-bond donors (Lipinski definition) is 0. The number of aromatic nitrogens is 2. The van der Waals surface area contributed by atoms with Gasteiger partial charge in [0, 0.05) is 25.2 Å². The highest BCUT2D eigenvalue weighted by atomic mass is 79.9. The lowest BCUT2D eigenvalue weighted by atomic mass is 10.2. The first-order chi connectivity index (χ1) is 8.97. The Morgan fingerprint density at radius 3 is 2.68 bits per heavy atom. The predicted octanol–water partition coefficient (Wildman–Crippen LogP) is 3.78. The largest absolute Gasteiger partial charge is 0.296 e. The first-order valence-electron chi connectivity index (χ1n) is 6.08. The van der Waals surface area contributed by atoms with Crippen molar-refractivity contribution >= 4 is 27.5 Å². The summed E-state index contributed by atoms with van der Waals surface area (Å²) in [6.07, 6.45) is 0. The summed E-state index contributed by atoms with van der Waals surface area (Å²) in [7, 11) is 4.07. The van der Waals surface area contributed by atoms with Crippen LogP contribution in [-0.2, 0) is 20.1 Å². The predicted molar refractivity (Wildman–Crippen MR) is 82.3 cm³/mol. The molecule has 2 aromatic rings. The molecule has 0 aliphatic heterocycles. The molecule has 0 aliphatic rings. The zero-order chi connectivity index (χ0) is 14.0. The van der Waals surface area contributed by atoms with E-state index >= 15 is 0 Å². The van der Waals surface area contributed by atoms with Crippen molar-refractivity contribution in [3.05, 3.63) is 50.7 Å². The van der Waals surface area contributed by atoms with Gasteiger partial charge in [0.05, 0.1) is 15.9 Å². The fourth-order valence-electron chi connectivity index (χ4n) is 2.11. The lowest BCUT2D eigenvalue weighted by Gasteiger charge is -2.17. The third kappa shape index (κ3) is 3.59. The monoisotopic (exact) mass is 341 g/mol. The van der Waals surface area contributed by atoms with Crippen molar-refractivity contribution in [2.24, 2.45) is 7.05 Å². The molecule has 1 aromatic carbocycles. The van der Waals surface area contributed by atoms with E-state index in [0.29, 0.717) is 0 Å². The lowest BCUT2D eigenvalue weighted by molar-refractivity contribution is 0.309. The topological polar surface area (TPSA) is 21.1 Å². The highest BCUT2D eigenvalue weighted by Crippen LogP contribution is 2.22. The molecule has 0 unspecified atom stereocenters. The molecular weight excluding hydrogens is 326 g/mol. The minimum Gasteiger partial charge on any atom is -0.296 e. The zero-order valence-corrected chi connectivity index (χ0v) is 13.7. The van der Waals surface area contributed by atoms with Gasteiger partial charge in [0.25, 0.3) is 0 Å². The standard InChI is InChI=1S/C14H17BrClN3/c1-10-14(15)13(19(3)17-10)9-18(2)8-11-5-4-6-12(16)7-11/h4-7H,8-9H2,1-3H3. The summed E-state index contributed by atoms with van der Waals surface area (Å²) in [5.41, 5.74) is 3.42. The van der Waals surface area contributed by atoms with E-state index in [2.05, 4.69) is 39.0 Å². The van der Waals surface area contributed by atoms with Crippen molar-refractivity contribution in [3.8, 4) is 0 Å². The van der Waals surface area contributed by atoms with E-state index in [9.17, 15) is 0 Å². The van der Waals surface area contributed by atoms with Crippen LogP contribution in [0.15, 0.2) is 28.7 Å². The highest BCUT2D eigenvalue weighted by Gasteiger charge is 2.12. The average molecular weight is 343 g/mol. The molecule has 0 aliphatic carbocycles. The van der Waals surface area contributed by atoms with Crippen molar-refractivity contribution in [2.75, 3.05) is 7.05 Å². The second-order valence-electron chi connectivity index (χ2n) is 4.77. The van der Waals surface area contributed by atoms with Crippen LogP contribution in [-0.4, -0.2) is 21.7 Å². The van der Waals surface area contributed by atoms with Crippen LogP contribution in [0.1, 0.15) is 17.0 Å². The van der Waals surface area contributed by atoms with Crippen LogP contribution in [0, 0.1) is 6.92 Å². The van der Waals surface area contributed by atoms with Gasteiger partial charge in [-0.3, -0.25) is 9.58 Å². The molecule has 0 saturated heterocycles. The Hall–Kier alpha value is -0.840. The average Bonchev–Trinajstić information content (AvgIpc) is 2.56. The van der Waals surface area contributed by atoms with Crippen molar-refractivity contribution < 1.29 is 0 Å². The third-order valence-corrected chi connectivity index (χ3v) is 4.29. The van der Waals surface area contributed by atoms with Gasteiger partial charge in [0.1, 0.15) is 0 Å². The smallest absolute Gasteiger partial charge is 0.0739 e. The molecule has 0 radical (unpaired) electrons. The normalized spacial score (nSPS) is 11.3. The van der Waals surface area contributed by atoms with Gasteiger partial charge >= 0.3 is 0 Å². The Bertz CT molecular complexity index is 580. The maximum absolute atomic E-state index is 6.00. The lowest BCUT2D eigenvalue weighted by Crippen LogP contribution is -2.19. The summed E-state index contributed by atoms with van der Waals surface area (Å²) in [4.78, 5) is 2.24. The summed E-state index contributed by atoms with van der Waals surface area (Å²) < 4.78 is 3.02. The molecule has 1 aromatic heterocycles. The molecule has 2 rings (SSSR count). The molecule has 0 amide bonds. The molecule has 1 heterocycles. The number of rotatable bonds is 4. The molecule has 0 fully saturated rings. The van der Waals surface area contributed by atoms with Gasteiger partial charge in [-0.15, -0.1) is 0 Å². The SMILES string of the molecule is Cc1nn(C)c(CN(C)Cc2cccc(Cl)c2)c1Br. The zero-order valence-electron chi connectivity index (χ0n) is 11.3. The van der Waals surface area contributed by atoms with Gasteiger partial charge in [-0.25, -0.2) is 0 Å². The highest BCUT2D eigenvalue weighted by molar-refractivity contribution is 9.10. The Kier molecular flexibility index (Phi) is 4.66. The first-order valence-corrected chi connectivity index (χ1v) is 7.25. The summed E-state index contributed by atoms with van der Waals surface area (Å²) in [6, 6.07) is 7.97. The van der Waals surface area contributed by atoms with Gasteiger partial charge < -0.3 is 0 Å². The molecule has 0 saturated carbocycles. The molecule has 19 heavy (non-hydrogen) atoms. The minimum absolute atomic E-state index is 0.781. The fourth-order valence-corrected chi connectivity index (χ4v) is 2.78. The fraction of sp³-hybridized carbons (Fsp3) is 0.357. The first kappa shape index (κ1) is 14.6. The van der Waals surface area contributed by atoms with Crippen molar-refractivity contribution in [1.29, 1.82) is 0 Å². The van der Waals surface area contributed by atoms with Crippen LogP contribution in [0.3, 0.4) is 0 Å². The summed E-state index contributed by atoms with van der Waals surface area (Å²) in [6.45, 7) is 3.70. The molecule has 0 atom stereocenters. The van der Waals surface area contributed by atoms with Gasteiger partial charge in [-0.1, -0.05) is 23.7 Å². The molecular formula is C14H17BrClN3. The number of nitrogens with zero attached hydrogens (tertiary/aromatic N) is 3. The van der Waals surface area contributed by atoms with Gasteiger partial charge in [-0.05, 0) is 47.6 Å². The van der Waals surface area contributed by atoms with Crippen LogP contribution in [0.4, 0.5) is 0 Å². The Morgan fingerprint density at radius 2 is 2.11 bits per heavy atom. The molecule has 0 N–H and O–H groups in total. The van der Waals surface area contributed by atoms with E-state index in [4.69, 9.17) is 11.6 Å². The number of benzene rings is 1. The van der Waals surface area contributed by atoms with Crippen molar-refractivity contribution in [1.82, 2.24) is 14.7 Å². The summed E-state index contributed by atoms with van der Waals surface area (Å²) in [5.74, 6) is 0. The molecule has 0 bridgehead atoms. The van der Waals surface area contributed by atoms with Crippen LogP contribution in [0.2, 0.25) is 5.02 Å². The minimum atomic E-state index is 0.781. The quantitative estimate of drug-likeness (QED) is 0.843. The van der Waals surface area contributed by atoms with E-state index in [1.165, 1.54) is 11.3 Å². The van der Waals surface area contributed by atoms with E-state index in [1.807, 2.05) is 36.9 Å². The number of aryl methyl sites for hydroxylation is 2. The molecule has 5 heteroatoms. The number of hydrogen-bond acceptors (Lipinski definition) is 2. The summed E-state index contributed by atoms with van der Waals surface area (Å²) in [5, 5.41) is 5.19. The summed E-state index contributed by atoms with van der Waals surface area (Å²) >= 11 is 9.60. The second kappa shape index (κ2) is 6.07. The van der Waals surface area contributed by atoms with E-state index in [-0.39, 0.29) is 0 Å². The molecule has 3 nitrogen and oxygen atoms in total. The second-order valence-corrected chi connectivity index (χ2v) is 6.00.